The van der Waals surface area contributed by atoms with Crippen molar-refractivity contribution in [1.82, 2.24) is 29.7 Å². The molecule has 0 aliphatic carbocycles. The lowest BCUT2D eigenvalue weighted by Crippen LogP contribution is -2.43. The lowest BCUT2D eigenvalue weighted by Gasteiger charge is -2.32. The Morgan fingerprint density at radius 3 is 2.81 bits per heavy atom. The molecular formula is C19H12Cl2N8O2. The first kappa shape index (κ1) is 18.3. The minimum Gasteiger partial charge on any atom is -0.340 e. The second-order valence-electron chi connectivity index (χ2n) is 7.41. The molecule has 0 radical (unpaired) electrons. The van der Waals surface area contributed by atoms with E-state index in [4.69, 9.17) is 23.2 Å². The van der Waals surface area contributed by atoms with Gasteiger partial charge in [0.1, 0.15) is 23.1 Å². The molecule has 6 rings (SSSR count). The normalized spacial score (nSPS) is 19.5. The number of carbonyl (C=O) groups excluding carboxylic acids is 2. The summed E-state index contributed by atoms with van der Waals surface area (Å²) in [5.41, 5.74) is 1.79. The smallest absolute Gasteiger partial charge is 0.240 e. The van der Waals surface area contributed by atoms with E-state index < -0.39 is 5.41 Å². The number of aromatic nitrogens is 6. The second-order valence-corrected chi connectivity index (χ2v) is 8.26. The maximum Gasteiger partial charge on any atom is 0.240 e. The maximum absolute atomic E-state index is 13.4. The first-order chi connectivity index (χ1) is 14.9. The maximum atomic E-state index is 13.4. The van der Waals surface area contributed by atoms with Crippen molar-refractivity contribution < 1.29 is 9.59 Å². The summed E-state index contributed by atoms with van der Waals surface area (Å²) in [5, 5.41) is 11.0. The molecule has 1 spiro atoms. The van der Waals surface area contributed by atoms with Gasteiger partial charge in [-0.3, -0.25) is 9.59 Å². The van der Waals surface area contributed by atoms with Gasteiger partial charge in [-0.25, -0.2) is 15.0 Å². The molecule has 3 aromatic heterocycles. The van der Waals surface area contributed by atoms with Crippen molar-refractivity contribution in [2.45, 2.75) is 18.8 Å². The van der Waals surface area contributed by atoms with E-state index in [0.29, 0.717) is 55.4 Å². The number of H-pyrrole nitrogens is 1. The third-order valence-electron chi connectivity index (χ3n) is 5.72. The Bertz CT molecular complexity index is 1460. The van der Waals surface area contributed by atoms with Crippen molar-refractivity contribution >= 4 is 57.7 Å². The van der Waals surface area contributed by atoms with Crippen LogP contribution in [0.3, 0.4) is 0 Å². The van der Waals surface area contributed by atoms with Crippen LogP contribution in [-0.4, -0.2) is 41.5 Å². The molecule has 1 aromatic carbocycles. The lowest BCUT2D eigenvalue weighted by molar-refractivity contribution is -0.125. The molecule has 2 aliphatic heterocycles. The van der Waals surface area contributed by atoms with Crippen LogP contribution in [0.15, 0.2) is 24.8 Å². The van der Waals surface area contributed by atoms with E-state index in [0.717, 1.165) is 0 Å². The van der Waals surface area contributed by atoms with Crippen LogP contribution in [0.2, 0.25) is 10.0 Å². The summed E-state index contributed by atoms with van der Waals surface area (Å²) < 4.78 is 1.49. The van der Waals surface area contributed by atoms with Crippen LogP contribution in [0, 0.1) is 6.92 Å². The number of hydrogen-bond acceptors (Lipinski definition) is 6. The Labute approximate surface area is 184 Å². The average Bonchev–Trinajstić information content (AvgIpc) is 3.39. The molecular weight excluding hydrogens is 443 g/mol. The van der Waals surface area contributed by atoms with Gasteiger partial charge in [-0.2, -0.15) is 9.78 Å². The number of carbonyl (C=O) groups is 2. The van der Waals surface area contributed by atoms with Crippen molar-refractivity contribution in [3.8, 4) is 5.82 Å². The van der Waals surface area contributed by atoms with Crippen LogP contribution in [0.1, 0.15) is 23.2 Å². The molecule has 0 saturated carbocycles. The highest BCUT2D eigenvalue weighted by Crippen LogP contribution is 2.53. The molecule has 2 amide bonds. The average molecular weight is 455 g/mol. The van der Waals surface area contributed by atoms with E-state index in [1.54, 1.807) is 19.1 Å². The van der Waals surface area contributed by atoms with Crippen LogP contribution in [0.25, 0.3) is 17.0 Å². The van der Waals surface area contributed by atoms with Gasteiger partial charge in [-0.15, -0.1) is 0 Å². The van der Waals surface area contributed by atoms with Crippen molar-refractivity contribution in [2.75, 3.05) is 10.6 Å². The fourth-order valence-corrected chi connectivity index (χ4v) is 5.07. The molecule has 0 saturated heterocycles. The molecule has 1 atom stereocenters. The Morgan fingerprint density at radius 2 is 1.97 bits per heavy atom. The summed E-state index contributed by atoms with van der Waals surface area (Å²) >= 11 is 12.6. The highest BCUT2D eigenvalue weighted by molar-refractivity contribution is 6.38. The van der Waals surface area contributed by atoms with Gasteiger partial charge in [0.2, 0.25) is 11.8 Å². The first-order valence-corrected chi connectivity index (χ1v) is 10.0. The van der Waals surface area contributed by atoms with Crippen LogP contribution in [-0.2, 0) is 15.0 Å². The fraction of sp³-hybridized carbons (Fsp3) is 0.158. The summed E-state index contributed by atoms with van der Waals surface area (Å²) in [6.45, 7) is 1.78. The zero-order valence-electron chi connectivity index (χ0n) is 15.8. The highest BCUT2D eigenvalue weighted by atomic mass is 35.5. The zero-order chi connectivity index (χ0) is 21.5. The number of fused-ring (bicyclic) bond motifs is 5. The Hall–Kier alpha value is -3.50. The number of rotatable bonds is 1. The van der Waals surface area contributed by atoms with E-state index in [1.165, 1.54) is 17.3 Å². The number of nitrogens with zero attached hydrogens (tertiary/aromatic N) is 5. The van der Waals surface area contributed by atoms with Gasteiger partial charge in [-0.05, 0) is 24.6 Å². The Morgan fingerprint density at radius 1 is 1.13 bits per heavy atom. The number of anilines is 2. The first-order valence-electron chi connectivity index (χ1n) is 9.25. The van der Waals surface area contributed by atoms with Crippen molar-refractivity contribution in [3.63, 3.8) is 0 Å². The quantitative estimate of drug-likeness (QED) is 0.405. The van der Waals surface area contributed by atoms with Crippen molar-refractivity contribution in [3.05, 3.63) is 51.7 Å². The summed E-state index contributed by atoms with van der Waals surface area (Å²) in [6.07, 6.45) is 2.75. The van der Waals surface area contributed by atoms with Gasteiger partial charge in [0.25, 0.3) is 0 Å². The van der Waals surface area contributed by atoms with Gasteiger partial charge in [0.15, 0.2) is 11.5 Å². The minimum atomic E-state index is -1.32. The number of benzene rings is 1. The van der Waals surface area contributed by atoms with Gasteiger partial charge in [-0.1, -0.05) is 23.2 Å². The van der Waals surface area contributed by atoms with Gasteiger partial charge in [0, 0.05) is 17.0 Å². The van der Waals surface area contributed by atoms with Crippen LogP contribution < -0.4 is 10.6 Å². The van der Waals surface area contributed by atoms with Crippen LogP contribution in [0.5, 0.6) is 0 Å². The van der Waals surface area contributed by atoms with E-state index >= 15 is 0 Å². The molecule has 2 aliphatic rings. The third kappa shape index (κ3) is 2.28. The number of aromatic amines is 1. The molecule has 0 unspecified atom stereocenters. The minimum absolute atomic E-state index is 0.106. The number of halogens is 2. The molecule has 10 nitrogen and oxygen atoms in total. The van der Waals surface area contributed by atoms with E-state index in [1.807, 2.05) is 0 Å². The molecule has 4 aromatic rings. The lowest BCUT2D eigenvalue weighted by atomic mass is 9.70. The SMILES string of the molecule is Cc1nn(-c2ncnc3nc[nH]c23)c2c1[C@]1(CC(=O)N2)C(=O)Nc2c(Cl)cc(Cl)cc21. The van der Waals surface area contributed by atoms with Gasteiger partial charge >= 0.3 is 0 Å². The molecule has 31 heavy (non-hydrogen) atoms. The fourth-order valence-electron chi connectivity index (χ4n) is 4.53. The Balaban J connectivity index is 1.68. The van der Waals surface area contributed by atoms with Crippen molar-refractivity contribution in [1.29, 1.82) is 0 Å². The molecule has 0 bridgehead atoms. The number of nitrogens with one attached hydrogen (secondary N) is 3. The van der Waals surface area contributed by atoms with E-state index in [2.05, 4.69) is 35.7 Å². The van der Waals surface area contributed by atoms with Crippen molar-refractivity contribution in [2.24, 2.45) is 0 Å². The zero-order valence-corrected chi connectivity index (χ0v) is 17.3. The number of aryl methyl sites for hydroxylation is 1. The molecule has 3 N–H and O–H groups in total. The van der Waals surface area contributed by atoms with Crippen LogP contribution in [0.4, 0.5) is 11.5 Å². The predicted octanol–water partition coefficient (Wildman–Crippen LogP) is 2.73. The number of amides is 2. The van der Waals surface area contributed by atoms with Gasteiger partial charge < -0.3 is 15.6 Å². The summed E-state index contributed by atoms with van der Waals surface area (Å²) in [4.78, 5) is 41.8. The van der Waals surface area contributed by atoms with Crippen LogP contribution >= 0.6 is 23.2 Å². The predicted molar refractivity (Wildman–Crippen MR) is 113 cm³/mol. The molecule has 0 fully saturated rings. The van der Waals surface area contributed by atoms with E-state index in [9.17, 15) is 9.59 Å². The highest BCUT2D eigenvalue weighted by Gasteiger charge is 2.56. The number of imidazole rings is 1. The Kier molecular flexibility index (Phi) is 3.55. The summed E-state index contributed by atoms with van der Waals surface area (Å²) in [5.74, 6) is 0.0388. The summed E-state index contributed by atoms with van der Waals surface area (Å²) in [6, 6.07) is 3.22. The third-order valence-corrected chi connectivity index (χ3v) is 6.23. The topological polar surface area (TPSA) is 130 Å². The number of hydrogen-bond donors (Lipinski definition) is 3. The standard InChI is InChI=1S/C19H12Cl2N8O2/c1-7-12-16(29(28-7)17-14-15(23-5-22-14)24-6-25-17)26-11(30)4-19(12)9-2-8(20)3-10(21)13(9)27-18(19)31/h2-3,5-6H,4H2,1H3,(H,26,30)(H,27,31)(H,22,23,24,25)/t19-/m1/s1. The monoisotopic (exact) mass is 454 g/mol. The largest absolute Gasteiger partial charge is 0.340 e. The molecule has 12 heteroatoms. The molecule has 5 heterocycles. The summed E-state index contributed by atoms with van der Waals surface area (Å²) in [7, 11) is 0. The second kappa shape index (κ2) is 6.02. The molecule has 154 valence electrons. The van der Waals surface area contributed by atoms with Gasteiger partial charge in [0.05, 0.1) is 22.7 Å². The van der Waals surface area contributed by atoms with E-state index in [-0.39, 0.29) is 18.2 Å².